The first-order valence-electron chi connectivity index (χ1n) is 4.33. The van der Waals surface area contributed by atoms with E-state index in [-0.39, 0.29) is 11.9 Å². The fraction of sp³-hybridized carbons (Fsp3) is 0.300. The molecular formula is C10H8BrClO2. The van der Waals surface area contributed by atoms with Crippen LogP contribution < -0.4 is 4.74 Å². The van der Waals surface area contributed by atoms with Crippen molar-refractivity contribution in [2.24, 2.45) is 5.92 Å². The van der Waals surface area contributed by atoms with Crippen LogP contribution in [0.1, 0.15) is 12.8 Å². The molecule has 1 aromatic rings. The third kappa shape index (κ3) is 2.28. The molecule has 0 N–H and O–H groups in total. The Bertz CT molecular complexity index is 374. The SMILES string of the molecule is O=C(Oc1cc(Cl)ccc1Br)C1CC1. The number of esters is 1. The predicted octanol–water partition coefficient (Wildman–Crippen LogP) is 3.42. The van der Waals surface area contributed by atoms with E-state index in [1.807, 2.05) is 0 Å². The molecule has 2 rings (SSSR count). The van der Waals surface area contributed by atoms with Crippen molar-refractivity contribution >= 4 is 33.5 Å². The molecule has 1 saturated carbocycles. The van der Waals surface area contributed by atoms with Gasteiger partial charge in [0.1, 0.15) is 5.75 Å². The fourth-order valence-electron chi connectivity index (χ4n) is 1.07. The average molecular weight is 276 g/mol. The van der Waals surface area contributed by atoms with E-state index < -0.39 is 0 Å². The predicted molar refractivity (Wildman–Crippen MR) is 57.5 cm³/mol. The van der Waals surface area contributed by atoms with Crippen molar-refractivity contribution in [2.45, 2.75) is 12.8 Å². The van der Waals surface area contributed by atoms with E-state index in [2.05, 4.69) is 15.9 Å². The molecule has 0 radical (unpaired) electrons. The lowest BCUT2D eigenvalue weighted by atomic mass is 10.3. The minimum Gasteiger partial charge on any atom is -0.425 e. The molecule has 0 aromatic heterocycles. The maximum Gasteiger partial charge on any atom is 0.314 e. The highest BCUT2D eigenvalue weighted by molar-refractivity contribution is 9.10. The second-order valence-electron chi connectivity index (χ2n) is 3.27. The first-order valence-corrected chi connectivity index (χ1v) is 5.50. The third-order valence-corrected chi connectivity index (χ3v) is 2.90. The van der Waals surface area contributed by atoms with Gasteiger partial charge in [-0.2, -0.15) is 0 Å². The highest BCUT2D eigenvalue weighted by atomic mass is 79.9. The normalized spacial score (nSPS) is 15.3. The summed E-state index contributed by atoms with van der Waals surface area (Å²) in [6.45, 7) is 0. The van der Waals surface area contributed by atoms with E-state index in [1.165, 1.54) is 0 Å². The molecule has 1 fully saturated rings. The molecule has 0 unspecified atom stereocenters. The van der Waals surface area contributed by atoms with E-state index in [1.54, 1.807) is 18.2 Å². The van der Waals surface area contributed by atoms with Gasteiger partial charge in [0.15, 0.2) is 0 Å². The molecule has 1 aliphatic rings. The molecule has 0 amide bonds. The summed E-state index contributed by atoms with van der Waals surface area (Å²) in [4.78, 5) is 11.4. The van der Waals surface area contributed by atoms with Crippen molar-refractivity contribution in [2.75, 3.05) is 0 Å². The van der Waals surface area contributed by atoms with Gasteiger partial charge in [-0.3, -0.25) is 4.79 Å². The zero-order chi connectivity index (χ0) is 10.1. The highest BCUT2D eigenvalue weighted by Crippen LogP contribution is 2.33. The molecule has 4 heteroatoms. The van der Waals surface area contributed by atoms with Crippen LogP contribution >= 0.6 is 27.5 Å². The average Bonchev–Trinajstić information content (AvgIpc) is 2.94. The molecule has 1 aliphatic carbocycles. The second kappa shape index (κ2) is 3.91. The van der Waals surface area contributed by atoms with E-state index in [0.717, 1.165) is 17.3 Å². The smallest absolute Gasteiger partial charge is 0.314 e. The largest absolute Gasteiger partial charge is 0.425 e. The molecule has 74 valence electrons. The monoisotopic (exact) mass is 274 g/mol. The zero-order valence-corrected chi connectivity index (χ0v) is 9.64. The summed E-state index contributed by atoms with van der Waals surface area (Å²) in [5, 5.41) is 0.562. The number of carbonyl (C=O) groups is 1. The maximum absolute atomic E-state index is 11.4. The number of hydrogen-bond acceptors (Lipinski definition) is 2. The second-order valence-corrected chi connectivity index (χ2v) is 4.56. The summed E-state index contributed by atoms with van der Waals surface area (Å²) in [6, 6.07) is 5.13. The number of rotatable bonds is 2. The summed E-state index contributed by atoms with van der Waals surface area (Å²) in [6.07, 6.45) is 1.88. The Morgan fingerprint density at radius 2 is 2.21 bits per heavy atom. The Kier molecular flexibility index (Phi) is 2.79. The highest BCUT2D eigenvalue weighted by Gasteiger charge is 2.31. The molecule has 0 bridgehead atoms. The van der Waals surface area contributed by atoms with E-state index >= 15 is 0 Å². The van der Waals surface area contributed by atoms with Crippen molar-refractivity contribution in [3.63, 3.8) is 0 Å². The molecule has 14 heavy (non-hydrogen) atoms. The number of halogens is 2. The third-order valence-electron chi connectivity index (χ3n) is 2.01. The van der Waals surface area contributed by atoms with Gasteiger partial charge in [-0.15, -0.1) is 0 Å². The van der Waals surface area contributed by atoms with Crippen LogP contribution in [0.5, 0.6) is 5.75 Å². The first kappa shape index (κ1) is 9.99. The van der Waals surface area contributed by atoms with E-state index in [9.17, 15) is 4.79 Å². The topological polar surface area (TPSA) is 26.3 Å². The van der Waals surface area contributed by atoms with Crippen molar-refractivity contribution in [3.05, 3.63) is 27.7 Å². The first-order chi connectivity index (χ1) is 6.66. The van der Waals surface area contributed by atoms with Crippen LogP contribution in [-0.2, 0) is 4.79 Å². The Morgan fingerprint density at radius 1 is 1.50 bits per heavy atom. The summed E-state index contributed by atoms with van der Waals surface area (Å²) >= 11 is 9.08. The lowest BCUT2D eigenvalue weighted by Gasteiger charge is -2.05. The van der Waals surface area contributed by atoms with Crippen LogP contribution in [0.2, 0.25) is 5.02 Å². The van der Waals surface area contributed by atoms with E-state index in [0.29, 0.717) is 10.8 Å². The number of carbonyl (C=O) groups excluding carboxylic acids is 1. The van der Waals surface area contributed by atoms with E-state index in [4.69, 9.17) is 16.3 Å². The molecular weight excluding hydrogens is 267 g/mol. The zero-order valence-electron chi connectivity index (χ0n) is 7.30. The van der Waals surface area contributed by atoms with Crippen LogP contribution in [0.15, 0.2) is 22.7 Å². The minimum atomic E-state index is -0.159. The summed E-state index contributed by atoms with van der Waals surface area (Å²) < 4.78 is 5.93. The molecule has 0 saturated heterocycles. The van der Waals surface area contributed by atoms with Gasteiger partial charge in [0.2, 0.25) is 0 Å². The molecule has 0 atom stereocenters. The maximum atomic E-state index is 11.4. The van der Waals surface area contributed by atoms with Crippen molar-refractivity contribution in [1.29, 1.82) is 0 Å². The van der Waals surface area contributed by atoms with Crippen LogP contribution in [0, 0.1) is 5.92 Å². The molecule has 1 aromatic carbocycles. The minimum absolute atomic E-state index is 0.0980. The summed E-state index contributed by atoms with van der Waals surface area (Å²) in [5.74, 6) is 0.434. The number of hydrogen-bond donors (Lipinski definition) is 0. The number of benzene rings is 1. The Labute approximate surface area is 95.3 Å². The summed E-state index contributed by atoms with van der Waals surface area (Å²) in [5.41, 5.74) is 0. The lowest BCUT2D eigenvalue weighted by Crippen LogP contribution is -2.09. The van der Waals surface area contributed by atoms with Gasteiger partial charge in [0.25, 0.3) is 0 Å². The van der Waals surface area contributed by atoms with Gasteiger partial charge in [-0.05, 0) is 40.9 Å². The van der Waals surface area contributed by atoms with Crippen LogP contribution in [0.3, 0.4) is 0 Å². The van der Waals surface area contributed by atoms with Gasteiger partial charge in [-0.1, -0.05) is 11.6 Å². The quantitative estimate of drug-likeness (QED) is 0.611. The van der Waals surface area contributed by atoms with Crippen LogP contribution in [-0.4, -0.2) is 5.97 Å². The van der Waals surface area contributed by atoms with Gasteiger partial charge in [-0.25, -0.2) is 0 Å². The molecule has 2 nitrogen and oxygen atoms in total. The number of ether oxygens (including phenoxy) is 1. The fourth-order valence-corrected chi connectivity index (χ4v) is 1.56. The van der Waals surface area contributed by atoms with Crippen molar-refractivity contribution < 1.29 is 9.53 Å². The Balaban J connectivity index is 2.14. The Hall–Kier alpha value is -0.540. The molecule has 0 heterocycles. The summed E-state index contributed by atoms with van der Waals surface area (Å²) in [7, 11) is 0. The molecule has 0 aliphatic heterocycles. The van der Waals surface area contributed by atoms with Gasteiger partial charge >= 0.3 is 5.97 Å². The van der Waals surface area contributed by atoms with Crippen LogP contribution in [0.25, 0.3) is 0 Å². The Morgan fingerprint density at radius 3 is 2.86 bits per heavy atom. The standard InChI is InChI=1S/C10H8BrClO2/c11-8-4-3-7(12)5-9(8)14-10(13)6-1-2-6/h3-6H,1-2H2. The van der Waals surface area contributed by atoms with Gasteiger partial charge < -0.3 is 4.74 Å². The molecule has 0 spiro atoms. The lowest BCUT2D eigenvalue weighted by molar-refractivity contribution is -0.135. The van der Waals surface area contributed by atoms with Crippen molar-refractivity contribution in [1.82, 2.24) is 0 Å². The van der Waals surface area contributed by atoms with Gasteiger partial charge in [0, 0.05) is 11.1 Å². The van der Waals surface area contributed by atoms with Crippen LogP contribution in [0.4, 0.5) is 0 Å². The van der Waals surface area contributed by atoms with Crippen molar-refractivity contribution in [3.8, 4) is 5.75 Å². The van der Waals surface area contributed by atoms with Gasteiger partial charge in [0.05, 0.1) is 10.4 Å².